The van der Waals surface area contributed by atoms with Gasteiger partial charge in [0, 0.05) is 31.1 Å². The number of amides is 1. The number of nitrogens with two attached hydrogens (primary N) is 1. The molecule has 0 aromatic carbocycles. The second-order valence-electron chi connectivity index (χ2n) is 5.23. The fraction of sp³-hybridized carbons (Fsp3) is 0.571. The Morgan fingerprint density at radius 2 is 2.20 bits per heavy atom. The Morgan fingerprint density at radius 1 is 1.50 bits per heavy atom. The van der Waals surface area contributed by atoms with Crippen molar-refractivity contribution in [3.8, 4) is 0 Å². The number of pyridine rings is 1. The lowest BCUT2D eigenvalue weighted by Crippen LogP contribution is -2.40. The number of ether oxygens (including phenoxy) is 1. The van der Waals surface area contributed by atoms with Gasteiger partial charge in [0.25, 0.3) is 5.91 Å². The number of rotatable bonds is 4. The first-order chi connectivity index (χ1) is 9.61. The van der Waals surface area contributed by atoms with Crippen molar-refractivity contribution in [1.29, 1.82) is 0 Å². The number of nitrogens with zero attached hydrogens (tertiary/aromatic N) is 1. The van der Waals surface area contributed by atoms with Crippen LogP contribution >= 0.6 is 0 Å². The van der Waals surface area contributed by atoms with Crippen LogP contribution in [0.5, 0.6) is 0 Å². The molecule has 1 unspecified atom stereocenters. The zero-order valence-corrected chi connectivity index (χ0v) is 12.0. The summed E-state index contributed by atoms with van der Waals surface area (Å²) >= 11 is 0. The molecule has 6 nitrogen and oxygen atoms in total. The van der Waals surface area contributed by atoms with Gasteiger partial charge in [-0.2, -0.15) is 0 Å². The van der Waals surface area contributed by atoms with E-state index in [2.05, 4.69) is 15.7 Å². The third-order valence-electron chi connectivity index (χ3n) is 3.77. The Bertz CT molecular complexity index is 472. The molecular weight excluding hydrogens is 256 g/mol. The van der Waals surface area contributed by atoms with Gasteiger partial charge in [0.15, 0.2) is 0 Å². The molecule has 1 aromatic heterocycles. The summed E-state index contributed by atoms with van der Waals surface area (Å²) in [5.41, 5.74) is 4.42. The summed E-state index contributed by atoms with van der Waals surface area (Å²) < 4.78 is 5.34. The largest absolute Gasteiger partial charge is 0.381 e. The second-order valence-corrected chi connectivity index (χ2v) is 5.23. The normalized spacial score (nSPS) is 17.6. The topological polar surface area (TPSA) is 89.3 Å². The molecule has 0 saturated carbocycles. The number of nitrogens with one attached hydrogen (secondary N) is 2. The van der Waals surface area contributed by atoms with Gasteiger partial charge in [0.05, 0.1) is 11.3 Å². The first kappa shape index (κ1) is 14.7. The fourth-order valence-corrected chi connectivity index (χ4v) is 2.48. The van der Waals surface area contributed by atoms with Crippen LogP contribution in [-0.4, -0.2) is 30.1 Å². The van der Waals surface area contributed by atoms with Crippen molar-refractivity contribution in [3.05, 3.63) is 23.5 Å². The smallest absolute Gasteiger partial charge is 0.255 e. The number of nitrogen functional groups attached to an aromatic ring is 1. The molecule has 20 heavy (non-hydrogen) atoms. The zero-order chi connectivity index (χ0) is 14.5. The molecule has 0 radical (unpaired) electrons. The van der Waals surface area contributed by atoms with Crippen molar-refractivity contribution in [1.82, 2.24) is 10.3 Å². The summed E-state index contributed by atoms with van der Waals surface area (Å²) in [5.74, 6) is 5.77. The molecule has 0 spiro atoms. The maximum atomic E-state index is 12.3. The van der Waals surface area contributed by atoms with E-state index >= 15 is 0 Å². The van der Waals surface area contributed by atoms with Crippen molar-refractivity contribution < 1.29 is 9.53 Å². The summed E-state index contributed by atoms with van der Waals surface area (Å²) in [6, 6.07) is 1.87. The Hall–Kier alpha value is -1.66. The molecule has 1 atom stereocenters. The maximum Gasteiger partial charge on any atom is 0.255 e. The van der Waals surface area contributed by atoms with E-state index in [1.54, 1.807) is 12.3 Å². The predicted molar refractivity (Wildman–Crippen MR) is 77.3 cm³/mol. The van der Waals surface area contributed by atoms with Crippen molar-refractivity contribution in [3.63, 3.8) is 0 Å². The second kappa shape index (κ2) is 6.67. The lowest BCUT2D eigenvalue weighted by molar-refractivity contribution is 0.0538. The summed E-state index contributed by atoms with van der Waals surface area (Å²) in [4.78, 5) is 16.5. The van der Waals surface area contributed by atoms with Gasteiger partial charge in [-0.25, -0.2) is 0 Å². The Labute approximate surface area is 119 Å². The van der Waals surface area contributed by atoms with Crippen molar-refractivity contribution >= 4 is 11.6 Å². The molecule has 4 N–H and O–H groups in total. The highest BCUT2D eigenvalue weighted by Crippen LogP contribution is 2.20. The van der Waals surface area contributed by atoms with Crippen LogP contribution < -0.4 is 16.6 Å². The van der Waals surface area contributed by atoms with Crippen LogP contribution in [0.3, 0.4) is 0 Å². The molecular formula is C14H22N4O2. The van der Waals surface area contributed by atoms with E-state index in [0.29, 0.717) is 17.2 Å². The van der Waals surface area contributed by atoms with Gasteiger partial charge in [0.1, 0.15) is 0 Å². The minimum absolute atomic E-state index is 0.110. The molecule has 2 rings (SSSR count). The monoisotopic (exact) mass is 278 g/mol. The molecule has 1 aromatic rings. The molecule has 1 amide bonds. The predicted octanol–water partition coefficient (Wildman–Crippen LogP) is 1.22. The quantitative estimate of drug-likeness (QED) is 0.569. The van der Waals surface area contributed by atoms with Gasteiger partial charge in [0.2, 0.25) is 0 Å². The number of carbonyl (C=O) groups excluding carboxylic acids is 1. The van der Waals surface area contributed by atoms with E-state index in [0.717, 1.165) is 31.7 Å². The van der Waals surface area contributed by atoms with E-state index in [9.17, 15) is 4.79 Å². The Balaban J connectivity index is 2.03. The first-order valence-electron chi connectivity index (χ1n) is 6.93. The number of carbonyl (C=O) groups is 1. The number of hydrogen-bond donors (Lipinski definition) is 3. The standard InChI is InChI=1S/C14H22N4O2/c1-9-7-13(18-15)12(8-16-9)14(19)17-10(2)11-3-5-20-6-4-11/h7-8,10-11H,3-6,15H2,1-2H3,(H,16,18)(H,17,19). The highest BCUT2D eigenvalue weighted by Gasteiger charge is 2.23. The number of hydrazine groups is 1. The Kier molecular flexibility index (Phi) is 4.92. The van der Waals surface area contributed by atoms with Gasteiger partial charge >= 0.3 is 0 Å². The molecule has 110 valence electrons. The van der Waals surface area contributed by atoms with Crippen LogP contribution in [0.25, 0.3) is 0 Å². The third-order valence-corrected chi connectivity index (χ3v) is 3.77. The highest BCUT2D eigenvalue weighted by atomic mass is 16.5. The minimum Gasteiger partial charge on any atom is -0.381 e. The summed E-state index contributed by atoms with van der Waals surface area (Å²) in [6.07, 6.45) is 3.52. The van der Waals surface area contributed by atoms with Crippen LogP contribution in [0.2, 0.25) is 0 Å². The van der Waals surface area contributed by atoms with E-state index in [1.165, 1.54) is 0 Å². The maximum absolute atomic E-state index is 12.3. The van der Waals surface area contributed by atoms with Crippen LogP contribution in [0, 0.1) is 12.8 Å². The van der Waals surface area contributed by atoms with Crippen molar-refractivity contribution in [2.45, 2.75) is 32.7 Å². The molecule has 6 heteroatoms. The Morgan fingerprint density at radius 3 is 2.85 bits per heavy atom. The van der Waals surface area contributed by atoms with Crippen LogP contribution in [0.15, 0.2) is 12.3 Å². The molecule has 0 aliphatic carbocycles. The summed E-state index contributed by atoms with van der Waals surface area (Å²) in [6.45, 7) is 5.43. The zero-order valence-electron chi connectivity index (χ0n) is 12.0. The minimum atomic E-state index is -0.149. The van der Waals surface area contributed by atoms with Gasteiger partial charge in [-0.1, -0.05) is 0 Å². The van der Waals surface area contributed by atoms with E-state index in [-0.39, 0.29) is 11.9 Å². The number of anilines is 1. The first-order valence-corrected chi connectivity index (χ1v) is 6.93. The van der Waals surface area contributed by atoms with Crippen LogP contribution in [-0.2, 0) is 4.74 Å². The summed E-state index contributed by atoms with van der Waals surface area (Å²) in [7, 11) is 0. The average Bonchev–Trinajstić information content (AvgIpc) is 2.47. The fourth-order valence-electron chi connectivity index (χ4n) is 2.48. The molecule has 1 aliphatic rings. The van der Waals surface area contributed by atoms with Crippen molar-refractivity contribution in [2.75, 3.05) is 18.6 Å². The van der Waals surface area contributed by atoms with Gasteiger partial charge < -0.3 is 15.5 Å². The number of aromatic nitrogens is 1. The average molecular weight is 278 g/mol. The highest BCUT2D eigenvalue weighted by molar-refractivity contribution is 5.99. The SMILES string of the molecule is Cc1cc(NN)c(C(=O)NC(C)C2CCOCC2)cn1. The van der Waals surface area contributed by atoms with Gasteiger partial charge in [-0.05, 0) is 38.7 Å². The molecule has 1 fully saturated rings. The summed E-state index contributed by atoms with van der Waals surface area (Å²) in [5, 5.41) is 3.03. The van der Waals surface area contributed by atoms with Gasteiger partial charge in [-0.15, -0.1) is 0 Å². The molecule has 1 aliphatic heterocycles. The van der Waals surface area contributed by atoms with Crippen LogP contribution in [0.4, 0.5) is 5.69 Å². The number of aryl methyl sites for hydroxylation is 1. The van der Waals surface area contributed by atoms with Crippen molar-refractivity contribution in [2.24, 2.45) is 11.8 Å². The lowest BCUT2D eigenvalue weighted by atomic mass is 9.93. The van der Waals surface area contributed by atoms with E-state index < -0.39 is 0 Å². The lowest BCUT2D eigenvalue weighted by Gasteiger charge is -2.28. The number of hydrogen-bond acceptors (Lipinski definition) is 5. The van der Waals surface area contributed by atoms with Gasteiger partial charge in [-0.3, -0.25) is 15.6 Å². The van der Waals surface area contributed by atoms with Crippen LogP contribution in [0.1, 0.15) is 35.8 Å². The van der Waals surface area contributed by atoms with E-state index in [1.807, 2.05) is 13.8 Å². The molecule has 2 heterocycles. The third kappa shape index (κ3) is 3.46. The molecule has 1 saturated heterocycles. The molecule has 0 bridgehead atoms. The van der Waals surface area contributed by atoms with E-state index in [4.69, 9.17) is 10.6 Å².